The van der Waals surface area contributed by atoms with Crippen LogP contribution in [-0.4, -0.2) is 31.8 Å². The smallest absolute Gasteiger partial charge is 0.324 e. The van der Waals surface area contributed by atoms with E-state index in [-0.39, 0.29) is 22.5 Å². The van der Waals surface area contributed by atoms with Crippen LogP contribution in [0, 0.1) is 5.82 Å². The Kier molecular flexibility index (Phi) is 6.44. The van der Waals surface area contributed by atoms with Crippen LogP contribution < -0.4 is 16.0 Å². The van der Waals surface area contributed by atoms with Gasteiger partial charge in [-0.1, -0.05) is 25.9 Å². The highest BCUT2D eigenvalue weighted by Gasteiger charge is 2.26. The molecule has 0 unspecified atom stereocenters. The predicted octanol–water partition coefficient (Wildman–Crippen LogP) is 4.74. The Hall–Kier alpha value is -3.99. The molecule has 0 atom stereocenters. The fourth-order valence-corrected chi connectivity index (χ4v) is 4.63. The van der Waals surface area contributed by atoms with Gasteiger partial charge >= 0.3 is 6.03 Å². The van der Waals surface area contributed by atoms with Crippen LogP contribution in [0.2, 0.25) is 0 Å². The van der Waals surface area contributed by atoms with E-state index < -0.39 is 27.6 Å². The molecule has 0 bridgehead atoms. The summed E-state index contributed by atoms with van der Waals surface area (Å²) in [5, 5.41) is 11.8. The first-order chi connectivity index (χ1) is 16.8. The predicted molar refractivity (Wildman–Crippen MR) is 134 cm³/mol. The number of rotatable bonds is 5. The first-order valence-corrected chi connectivity index (χ1v) is 12.9. The van der Waals surface area contributed by atoms with E-state index in [1.807, 2.05) is 20.8 Å². The molecule has 0 radical (unpaired) electrons. The number of fused-ring (bicyclic) bond motifs is 1. The van der Waals surface area contributed by atoms with Crippen LogP contribution in [0.5, 0.6) is 0 Å². The Morgan fingerprint density at radius 2 is 1.64 bits per heavy atom. The summed E-state index contributed by atoms with van der Waals surface area (Å²) in [5.74, 6) is -0.204. The summed E-state index contributed by atoms with van der Waals surface area (Å²) >= 11 is 0. The van der Waals surface area contributed by atoms with Crippen LogP contribution in [-0.2, 0) is 26.5 Å². The highest BCUT2D eigenvalue weighted by atomic mass is 32.2. The van der Waals surface area contributed by atoms with Gasteiger partial charge in [0.2, 0.25) is 0 Å². The molecule has 0 saturated carbocycles. The van der Waals surface area contributed by atoms with Gasteiger partial charge in [-0.05, 0) is 53.6 Å². The fraction of sp³-hybridized carbons (Fsp3) is 0.240. The van der Waals surface area contributed by atoms with Crippen molar-refractivity contribution in [3.05, 3.63) is 70.7 Å². The average Bonchev–Trinajstić information content (AvgIpc) is 3.40. The zero-order valence-electron chi connectivity index (χ0n) is 20.1. The van der Waals surface area contributed by atoms with Gasteiger partial charge < -0.3 is 15.2 Å². The zero-order valence-corrected chi connectivity index (χ0v) is 20.9. The molecule has 0 aliphatic heterocycles. The zero-order chi connectivity index (χ0) is 26.3. The van der Waals surface area contributed by atoms with E-state index >= 15 is 0 Å². The molecular weight excluding hydrogens is 487 g/mol. The molecule has 2 aromatic carbocycles. The van der Waals surface area contributed by atoms with Gasteiger partial charge in [-0.25, -0.2) is 17.6 Å². The van der Waals surface area contributed by atoms with Gasteiger partial charge in [-0.3, -0.25) is 10.1 Å². The molecule has 4 rings (SSSR count). The Balaban J connectivity index is 1.37. The van der Waals surface area contributed by atoms with E-state index in [1.165, 1.54) is 12.1 Å². The number of anilines is 3. The average molecular weight is 513 g/mol. The molecule has 1 aliphatic carbocycles. The second-order valence-corrected chi connectivity index (χ2v) is 11.5. The Labute approximate surface area is 207 Å². The van der Waals surface area contributed by atoms with E-state index in [0.29, 0.717) is 33.8 Å². The minimum atomic E-state index is -3.65. The normalized spacial score (nSPS) is 13.1. The van der Waals surface area contributed by atoms with Gasteiger partial charge in [0.15, 0.2) is 15.7 Å². The van der Waals surface area contributed by atoms with Crippen molar-refractivity contribution in [1.29, 1.82) is 0 Å². The second-order valence-electron chi connectivity index (χ2n) is 9.53. The Morgan fingerprint density at radius 1 is 1.00 bits per heavy atom. The molecule has 1 heterocycles. The lowest BCUT2D eigenvalue weighted by molar-refractivity contribution is -0.112. The Morgan fingerprint density at radius 3 is 2.22 bits per heavy atom. The third kappa shape index (κ3) is 5.62. The Bertz CT molecular complexity index is 1490. The number of nitrogens with zero attached hydrogens (tertiary/aromatic N) is 1. The van der Waals surface area contributed by atoms with E-state index in [0.717, 1.165) is 12.3 Å². The van der Waals surface area contributed by atoms with Crippen molar-refractivity contribution in [2.75, 3.05) is 22.2 Å². The number of amides is 3. The first-order valence-electron chi connectivity index (χ1n) is 11.0. The molecule has 188 valence electrons. The summed E-state index contributed by atoms with van der Waals surface area (Å²) < 4.78 is 43.2. The van der Waals surface area contributed by atoms with Crippen LogP contribution in [0.15, 0.2) is 57.5 Å². The standard InChI is InChI=1S/C25H25FN4O5S/c1-25(2,3)21-13-22(30-35-21)29-24(32)28-18-7-5-17(6-8-18)27-23(31)15-9-14-10-16(26)12-20(19(14)11-15)36(4,33)34/h5-10,12-13H,11H2,1-4H3,(H,27,31)(H2,28,29,30,32). The maximum absolute atomic E-state index is 13.9. The van der Waals surface area contributed by atoms with Gasteiger partial charge in [-0.15, -0.1) is 0 Å². The summed E-state index contributed by atoms with van der Waals surface area (Å²) in [5.41, 5.74) is 1.77. The third-order valence-electron chi connectivity index (χ3n) is 5.49. The van der Waals surface area contributed by atoms with E-state index in [1.54, 1.807) is 30.3 Å². The highest BCUT2D eigenvalue weighted by Crippen LogP contribution is 2.32. The first kappa shape index (κ1) is 25.1. The number of carbonyl (C=O) groups excluding carboxylic acids is 2. The number of sulfone groups is 1. The molecule has 0 spiro atoms. The van der Waals surface area contributed by atoms with E-state index in [9.17, 15) is 22.4 Å². The summed E-state index contributed by atoms with van der Waals surface area (Å²) in [6, 6.07) is 9.73. The van der Waals surface area contributed by atoms with Crippen LogP contribution >= 0.6 is 0 Å². The van der Waals surface area contributed by atoms with Crippen molar-refractivity contribution < 1.29 is 26.9 Å². The molecule has 3 aromatic rings. The van der Waals surface area contributed by atoms with Crippen LogP contribution in [0.3, 0.4) is 0 Å². The van der Waals surface area contributed by atoms with Crippen molar-refractivity contribution >= 4 is 45.0 Å². The molecule has 1 aromatic heterocycles. The molecule has 0 fully saturated rings. The largest absolute Gasteiger partial charge is 0.359 e. The highest BCUT2D eigenvalue weighted by molar-refractivity contribution is 7.90. The summed E-state index contributed by atoms with van der Waals surface area (Å²) in [4.78, 5) is 24.9. The fourth-order valence-electron chi connectivity index (χ4n) is 3.67. The van der Waals surface area contributed by atoms with Gasteiger partial charge in [0, 0.05) is 41.1 Å². The monoisotopic (exact) mass is 512 g/mol. The van der Waals surface area contributed by atoms with Gasteiger partial charge in [0.05, 0.1) is 4.90 Å². The number of halogens is 1. The van der Waals surface area contributed by atoms with Gasteiger partial charge in [0.1, 0.15) is 11.6 Å². The number of hydrogen-bond acceptors (Lipinski definition) is 6. The molecule has 36 heavy (non-hydrogen) atoms. The van der Waals surface area contributed by atoms with Crippen LogP contribution in [0.4, 0.5) is 26.4 Å². The lowest BCUT2D eigenvalue weighted by Gasteiger charge is -2.12. The molecule has 3 amide bonds. The van der Waals surface area contributed by atoms with E-state index in [2.05, 4.69) is 21.1 Å². The van der Waals surface area contributed by atoms with E-state index in [4.69, 9.17) is 4.52 Å². The molecule has 0 saturated heterocycles. The lowest BCUT2D eigenvalue weighted by atomic mass is 9.93. The van der Waals surface area contributed by atoms with Crippen molar-refractivity contribution in [1.82, 2.24) is 5.16 Å². The number of hydrogen-bond donors (Lipinski definition) is 3. The lowest BCUT2D eigenvalue weighted by Crippen LogP contribution is -2.19. The minimum absolute atomic E-state index is 0.0721. The minimum Gasteiger partial charge on any atom is -0.359 e. The maximum Gasteiger partial charge on any atom is 0.324 e. The SMILES string of the molecule is CC(C)(C)c1cc(NC(=O)Nc2ccc(NC(=O)C3=Cc4cc(F)cc(S(C)(=O)=O)c4C3)cc2)no1. The number of benzene rings is 2. The molecule has 3 N–H and O–H groups in total. The molecule has 11 heteroatoms. The van der Waals surface area contributed by atoms with Crippen molar-refractivity contribution in [3.63, 3.8) is 0 Å². The van der Waals surface area contributed by atoms with Crippen LogP contribution in [0.25, 0.3) is 6.08 Å². The van der Waals surface area contributed by atoms with Gasteiger partial charge in [0.25, 0.3) is 5.91 Å². The topological polar surface area (TPSA) is 130 Å². The summed E-state index contributed by atoms with van der Waals surface area (Å²) in [7, 11) is -3.65. The van der Waals surface area contributed by atoms with Crippen LogP contribution in [0.1, 0.15) is 37.7 Å². The molecule has 1 aliphatic rings. The second kappa shape index (κ2) is 9.23. The van der Waals surface area contributed by atoms with Crippen molar-refractivity contribution in [2.45, 2.75) is 37.5 Å². The van der Waals surface area contributed by atoms with Crippen molar-refractivity contribution in [2.24, 2.45) is 0 Å². The number of urea groups is 1. The maximum atomic E-state index is 13.9. The van der Waals surface area contributed by atoms with Crippen molar-refractivity contribution in [3.8, 4) is 0 Å². The third-order valence-corrected chi connectivity index (χ3v) is 6.65. The molecule has 9 nitrogen and oxygen atoms in total. The quantitative estimate of drug-likeness (QED) is 0.453. The summed E-state index contributed by atoms with van der Waals surface area (Å²) in [6.45, 7) is 5.89. The number of carbonyl (C=O) groups is 2. The number of aromatic nitrogens is 1. The number of nitrogens with one attached hydrogen (secondary N) is 3. The summed E-state index contributed by atoms with van der Waals surface area (Å²) in [6.07, 6.45) is 2.56. The van der Waals surface area contributed by atoms with Gasteiger partial charge in [-0.2, -0.15) is 0 Å². The molecular formula is C25H25FN4O5S.